The number of hydrogen-bond acceptors (Lipinski definition) is 13. The third-order valence-corrected chi connectivity index (χ3v) is 9.41. The second-order valence-electron chi connectivity index (χ2n) is 9.55. The molecule has 2 aromatic heterocycles. The van der Waals surface area contributed by atoms with Gasteiger partial charge in [0.25, 0.3) is 11.2 Å². The Balaban J connectivity index is 1.58. The number of aromatic nitrogens is 4. The standard InChI is InChI=1S/C20H31ClN7O11PS/c1-22-41(35,36)27-18(31)20(9-37-2,40(32,33)34)38-8-12-13(29)14(30)17(39-12)28-16-11(7-23-28)15(25-19(21)26-16)24-10-5-3-4-6-10/h7,10,12-14,17,22,29-30H,3-6,8-9H2,1-2H3,(H,27,31)(H,24,25,26)(H2,32,33,34)/t12-,13-,14-,17-,20+/m1/s1. The van der Waals surface area contributed by atoms with Gasteiger partial charge in [-0.3, -0.25) is 9.36 Å². The van der Waals surface area contributed by atoms with Gasteiger partial charge in [0.1, 0.15) is 24.1 Å². The number of fused-ring (bicyclic) bond motifs is 1. The Labute approximate surface area is 239 Å². The molecule has 0 spiro atoms. The molecule has 1 aliphatic carbocycles. The van der Waals surface area contributed by atoms with Crippen LogP contribution in [0.1, 0.15) is 31.9 Å². The molecule has 3 heterocycles. The number of hydrogen-bond donors (Lipinski definition) is 7. The number of rotatable bonds is 12. The molecule has 2 aliphatic rings. The molecule has 1 aliphatic heterocycles. The van der Waals surface area contributed by atoms with E-state index in [4.69, 9.17) is 25.8 Å². The highest BCUT2D eigenvalue weighted by Gasteiger charge is 2.58. The highest BCUT2D eigenvalue weighted by Crippen LogP contribution is 2.52. The molecule has 5 atom stereocenters. The van der Waals surface area contributed by atoms with Crippen molar-refractivity contribution in [2.75, 3.05) is 32.7 Å². The van der Waals surface area contributed by atoms with Gasteiger partial charge in [-0.15, -0.1) is 0 Å². The largest absolute Gasteiger partial charge is 0.387 e. The lowest BCUT2D eigenvalue weighted by Crippen LogP contribution is -2.55. The summed E-state index contributed by atoms with van der Waals surface area (Å²) in [6.07, 6.45) is -0.705. The van der Waals surface area contributed by atoms with E-state index in [9.17, 15) is 37.8 Å². The van der Waals surface area contributed by atoms with Crippen molar-refractivity contribution in [1.82, 2.24) is 29.2 Å². The lowest BCUT2D eigenvalue weighted by atomic mass is 10.1. The molecule has 0 unspecified atom stereocenters. The molecule has 0 bridgehead atoms. The predicted octanol–water partition coefficient (Wildman–Crippen LogP) is -1.43. The van der Waals surface area contributed by atoms with Gasteiger partial charge in [-0.1, -0.05) is 12.8 Å². The van der Waals surface area contributed by atoms with Crippen molar-refractivity contribution in [1.29, 1.82) is 0 Å². The topological polar surface area (TPSA) is 257 Å². The monoisotopic (exact) mass is 643 g/mol. The Hall–Kier alpha value is -2.03. The smallest absolute Gasteiger partial charge is 0.369 e. The highest BCUT2D eigenvalue weighted by atomic mass is 35.5. The quantitative estimate of drug-likeness (QED) is 0.103. The van der Waals surface area contributed by atoms with Crippen LogP contribution in [-0.2, 0) is 33.8 Å². The number of amides is 1. The molecular weight excluding hydrogens is 613 g/mol. The average Bonchev–Trinajstić information content (AvgIpc) is 3.62. The minimum Gasteiger partial charge on any atom is -0.387 e. The van der Waals surface area contributed by atoms with Gasteiger partial charge in [-0.25, -0.2) is 14.1 Å². The molecule has 18 nitrogen and oxygen atoms in total. The molecule has 0 radical (unpaired) electrons. The first-order valence-electron chi connectivity index (χ1n) is 12.4. The summed E-state index contributed by atoms with van der Waals surface area (Å²) in [6, 6.07) is 0.186. The van der Waals surface area contributed by atoms with E-state index in [1.165, 1.54) is 10.9 Å². The number of nitrogens with one attached hydrogen (secondary N) is 3. The van der Waals surface area contributed by atoms with Gasteiger partial charge in [0.15, 0.2) is 11.9 Å². The Morgan fingerprint density at radius 2 is 1.95 bits per heavy atom. The lowest BCUT2D eigenvalue weighted by molar-refractivity contribution is -0.151. The van der Waals surface area contributed by atoms with Crippen LogP contribution in [0.4, 0.5) is 5.82 Å². The number of carbonyl (C=O) groups excluding carboxylic acids is 1. The summed E-state index contributed by atoms with van der Waals surface area (Å²) in [5, 5.41) is 26.2. The van der Waals surface area contributed by atoms with E-state index < -0.39 is 66.8 Å². The molecule has 2 aromatic rings. The summed E-state index contributed by atoms with van der Waals surface area (Å²) in [5.41, 5.74) is 0.170. The van der Waals surface area contributed by atoms with Gasteiger partial charge in [0.2, 0.25) is 5.28 Å². The number of carbonyl (C=O) groups is 1. The molecule has 1 saturated heterocycles. The Kier molecular flexibility index (Phi) is 9.56. The van der Waals surface area contributed by atoms with Crippen molar-refractivity contribution in [3.63, 3.8) is 0 Å². The van der Waals surface area contributed by atoms with Gasteiger partial charge >= 0.3 is 17.8 Å². The van der Waals surface area contributed by atoms with Crippen LogP contribution in [-0.4, -0.2) is 111 Å². The summed E-state index contributed by atoms with van der Waals surface area (Å²) in [7, 11) is -8.14. The summed E-state index contributed by atoms with van der Waals surface area (Å²) >= 11 is 6.15. The zero-order chi connectivity index (χ0) is 30.2. The maximum absolute atomic E-state index is 12.8. The second kappa shape index (κ2) is 12.3. The van der Waals surface area contributed by atoms with Crippen molar-refractivity contribution >= 4 is 52.2 Å². The minimum atomic E-state index is -5.60. The summed E-state index contributed by atoms with van der Waals surface area (Å²) in [4.78, 5) is 41.2. The first-order chi connectivity index (χ1) is 19.2. The number of halogens is 1. The van der Waals surface area contributed by atoms with Crippen molar-refractivity contribution in [3.05, 3.63) is 11.5 Å². The van der Waals surface area contributed by atoms with Crippen LogP contribution in [0.15, 0.2) is 6.20 Å². The zero-order valence-electron chi connectivity index (χ0n) is 21.9. The SMILES string of the molecule is CNS(=O)(=O)NC(=O)[C@@](COC)(OC[C@H]1O[C@@H](n2ncc3c(NC4CCCC4)nc(Cl)nc32)[C@H](O)[C@@H]1O)P(=O)(O)O. The molecular formula is C20H31ClN7O11PS. The number of methoxy groups -OCH3 is 1. The highest BCUT2D eigenvalue weighted by molar-refractivity contribution is 7.88. The van der Waals surface area contributed by atoms with E-state index in [0.29, 0.717) is 11.2 Å². The maximum Gasteiger partial charge on any atom is 0.369 e. The first-order valence-corrected chi connectivity index (χ1v) is 15.8. The lowest BCUT2D eigenvalue weighted by Gasteiger charge is -2.32. The van der Waals surface area contributed by atoms with Gasteiger partial charge in [-0.05, 0) is 24.4 Å². The summed E-state index contributed by atoms with van der Waals surface area (Å²) < 4.78 is 56.3. The fraction of sp³-hybridized carbons (Fsp3) is 0.700. The van der Waals surface area contributed by atoms with Crippen molar-refractivity contribution < 1.29 is 52.0 Å². The van der Waals surface area contributed by atoms with Crippen molar-refractivity contribution in [3.8, 4) is 0 Å². The molecule has 41 heavy (non-hydrogen) atoms. The third kappa shape index (κ3) is 6.50. The zero-order valence-corrected chi connectivity index (χ0v) is 24.3. The molecule has 2 fully saturated rings. The van der Waals surface area contributed by atoms with E-state index >= 15 is 0 Å². The van der Waals surface area contributed by atoms with Gasteiger partial charge < -0.3 is 39.5 Å². The number of nitrogens with zero attached hydrogens (tertiary/aromatic N) is 4. The number of aliphatic hydroxyl groups excluding tert-OH is 2. The van der Waals surface area contributed by atoms with Crippen LogP contribution in [0.2, 0.25) is 5.28 Å². The van der Waals surface area contributed by atoms with E-state index in [1.807, 2.05) is 0 Å². The molecule has 0 aromatic carbocycles. The molecule has 4 rings (SSSR count). The second-order valence-corrected chi connectivity index (χ2v) is 13.3. The number of anilines is 1. The normalized spacial score (nSPS) is 25.4. The predicted molar refractivity (Wildman–Crippen MR) is 141 cm³/mol. The first kappa shape index (κ1) is 31.9. The van der Waals surface area contributed by atoms with Crippen LogP contribution >= 0.6 is 19.2 Å². The summed E-state index contributed by atoms with van der Waals surface area (Å²) in [6.45, 7) is -1.97. The van der Waals surface area contributed by atoms with Crippen LogP contribution in [0.5, 0.6) is 0 Å². The summed E-state index contributed by atoms with van der Waals surface area (Å²) in [5.74, 6) is -1.31. The Morgan fingerprint density at radius 3 is 2.56 bits per heavy atom. The van der Waals surface area contributed by atoms with Crippen LogP contribution < -0.4 is 14.8 Å². The third-order valence-electron chi connectivity index (χ3n) is 6.85. The van der Waals surface area contributed by atoms with E-state index in [0.717, 1.165) is 44.5 Å². The average molecular weight is 644 g/mol. The number of ether oxygens (including phenoxy) is 3. The molecule has 1 saturated carbocycles. The minimum absolute atomic E-state index is 0.110. The van der Waals surface area contributed by atoms with Gasteiger partial charge in [0, 0.05) is 20.2 Å². The fourth-order valence-electron chi connectivity index (χ4n) is 4.67. The van der Waals surface area contributed by atoms with Gasteiger partial charge in [-0.2, -0.15) is 23.5 Å². The molecule has 230 valence electrons. The Morgan fingerprint density at radius 1 is 1.27 bits per heavy atom. The maximum atomic E-state index is 12.8. The van der Waals surface area contributed by atoms with Gasteiger partial charge in [0.05, 0.1) is 24.8 Å². The Bertz CT molecular complexity index is 1420. The molecule has 7 N–H and O–H groups in total. The van der Waals surface area contributed by atoms with E-state index in [2.05, 4.69) is 20.4 Å². The van der Waals surface area contributed by atoms with Crippen molar-refractivity contribution in [2.45, 2.75) is 61.6 Å². The van der Waals surface area contributed by atoms with E-state index in [1.54, 1.807) is 4.72 Å². The van der Waals surface area contributed by atoms with Crippen LogP contribution in [0.3, 0.4) is 0 Å². The molecule has 1 amide bonds. The fourth-order valence-corrected chi connectivity index (χ4v) is 6.28. The number of aliphatic hydroxyl groups is 2. The van der Waals surface area contributed by atoms with E-state index in [-0.39, 0.29) is 17.0 Å². The molecule has 21 heteroatoms. The van der Waals surface area contributed by atoms with Crippen molar-refractivity contribution in [2.24, 2.45) is 0 Å². The van der Waals surface area contributed by atoms with Crippen LogP contribution in [0, 0.1) is 0 Å². The van der Waals surface area contributed by atoms with Crippen LogP contribution in [0.25, 0.3) is 11.0 Å².